The van der Waals surface area contributed by atoms with Gasteiger partial charge in [0.1, 0.15) is 17.2 Å². The number of ether oxygens (including phenoxy) is 2. The van der Waals surface area contributed by atoms with E-state index >= 15 is 0 Å². The van der Waals surface area contributed by atoms with Crippen molar-refractivity contribution in [3.05, 3.63) is 90.5 Å². The molecule has 0 atom stereocenters. The van der Waals surface area contributed by atoms with Crippen LogP contribution in [0.4, 0.5) is 0 Å². The molecule has 0 aromatic heterocycles. The van der Waals surface area contributed by atoms with Crippen LogP contribution in [-0.4, -0.2) is 25.0 Å². The molecule has 0 aliphatic rings. The van der Waals surface area contributed by atoms with E-state index in [0.29, 0.717) is 18.0 Å². The molecule has 0 radical (unpaired) electrons. The zero-order chi connectivity index (χ0) is 20.3. The minimum absolute atomic E-state index is 0.114. The molecule has 0 aliphatic carbocycles. The summed E-state index contributed by atoms with van der Waals surface area (Å²) in [5.41, 5.74) is 0.894. The van der Waals surface area contributed by atoms with E-state index in [2.05, 4.69) is 10.6 Å². The monoisotopic (exact) mass is 390 g/mol. The van der Waals surface area contributed by atoms with Crippen LogP contribution in [0.25, 0.3) is 0 Å². The predicted octanol–water partition coefficient (Wildman–Crippen LogP) is 3.29. The minimum Gasteiger partial charge on any atom is -0.484 e. The number of amides is 2. The molecule has 0 unspecified atom stereocenters. The van der Waals surface area contributed by atoms with Crippen LogP contribution < -0.4 is 20.1 Å². The second-order valence-electron chi connectivity index (χ2n) is 6.22. The van der Waals surface area contributed by atoms with Crippen molar-refractivity contribution in [1.82, 2.24) is 10.6 Å². The Morgan fingerprint density at radius 3 is 2.07 bits per heavy atom. The van der Waals surface area contributed by atoms with Crippen LogP contribution in [0, 0.1) is 0 Å². The molecule has 0 aliphatic heterocycles. The summed E-state index contributed by atoms with van der Waals surface area (Å²) < 4.78 is 11.1. The molecule has 0 saturated carbocycles. The molecular formula is C23H22N2O4. The molecule has 2 amide bonds. The standard InChI is InChI=1S/C23H22N2O4/c26-22(16-25-23(27)17-28-19-9-3-1-4-10-19)24-15-18-8-7-13-21(14-18)29-20-11-5-2-6-12-20/h1-14H,15-17H2,(H,24,26)(H,25,27). The van der Waals surface area contributed by atoms with E-state index in [0.717, 1.165) is 11.3 Å². The van der Waals surface area contributed by atoms with Crippen molar-refractivity contribution in [3.63, 3.8) is 0 Å². The summed E-state index contributed by atoms with van der Waals surface area (Å²) in [6, 6.07) is 26.0. The van der Waals surface area contributed by atoms with Gasteiger partial charge in [0.2, 0.25) is 5.91 Å². The van der Waals surface area contributed by atoms with Crippen molar-refractivity contribution >= 4 is 11.8 Å². The third kappa shape index (κ3) is 7.03. The highest BCUT2D eigenvalue weighted by atomic mass is 16.5. The molecule has 29 heavy (non-hydrogen) atoms. The average Bonchev–Trinajstić information content (AvgIpc) is 2.76. The quantitative estimate of drug-likeness (QED) is 0.588. The molecule has 6 nitrogen and oxygen atoms in total. The molecule has 0 heterocycles. The van der Waals surface area contributed by atoms with Crippen LogP contribution in [0.2, 0.25) is 0 Å². The number of hydrogen-bond donors (Lipinski definition) is 2. The molecule has 0 spiro atoms. The smallest absolute Gasteiger partial charge is 0.258 e. The number of carbonyl (C=O) groups excluding carboxylic acids is 2. The number of carbonyl (C=O) groups is 2. The van der Waals surface area contributed by atoms with Gasteiger partial charge in [-0.05, 0) is 42.0 Å². The number of benzene rings is 3. The van der Waals surface area contributed by atoms with Crippen LogP contribution in [0.15, 0.2) is 84.9 Å². The van der Waals surface area contributed by atoms with E-state index in [1.807, 2.05) is 72.8 Å². The van der Waals surface area contributed by atoms with Gasteiger partial charge >= 0.3 is 0 Å². The molecule has 3 aromatic carbocycles. The van der Waals surface area contributed by atoms with Crippen LogP contribution >= 0.6 is 0 Å². The Morgan fingerprint density at radius 1 is 0.690 bits per heavy atom. The molecule has 2 N–H and O–H groups in total. The summed E-state index contributed by atoms with van der Waals surface area (Å²) in [4.78, 5) is 23.8. The van der Waals surface area contributed by atoms with Crippen molar-refractivity contribution in [1.29, 1.82) is 0 Å². The van der Waals surface area contributed by atoms with Gasteiger partial charge in [-0.25, -0.2) is 0 Å². The van der Waals surface area contributed by atoms with Crippen LogP contribution in [-0.2, 0) is 16.1 Å². The zero-order valence-corrected chi connectivity index (χ0v) is 15.8. The summed E-state index contributed by atoms with van der Waals surface area (Å²) in [5.74, 6) is 1.39. The third-order valence-corrected chi connectivity index (χ3v) is 3.93. The molecule has 0 saturated heterocycles. The first kappa shape index (κ1) is 19.9. The normalized spacial score (nSPS) is 10.1. The van der Waals surface area contributed by atoms with E-state index in [-0.39, 0.29) is 25.0 Å². The molecule has 3 rings (SSSR count). The van der Waals surface area contributed by atoms with Gasteiger partial charge in [-0.3, -0.25) is 9.59 Å². The number of nitrogens with one attached hydrogen (secondary N) is 2. The second kappa shape index (κ2) is 10.5. The van der Waals surface area contributed by atoms with Crippen molar-refractivity contribution in [2.75, 3.05) is 13.2 Å². The SMILES string of the molecule is O=C(CNC(=O)COc1ccccc1)NCc1cccc(Oc2ccccc2)c1. The van der Waals surface area contributed by atoms with E-state index in [4.69, 9.17) is 9.47 Å². The summed E-state index contributed by atoms with van der Waals surface area (Å²) >= 11 is 0. The fourth-order valence-electron chi connectivity index (χ4n) is 2.50. The van der Waals surface area contributed by atoms with Gasteiger partial charge in [0.15, 0.2) is 6.61 Å². The van der Waals surface area contributed by atoms with Gasteiger partial charge in [0.05, 0.1) is 6.54 Å². The number of rotatable bonds is 9. The van der Waals surface area contributed by atoms with Crippen molar-refractivity contribution in [3.8, 4) is 17.2 Å². The van der Waals surface area contributed by atoms with Crippen molar-refractivity contribution in [2.24, 2.45) is 0 Å². The maximum Gasteiger partial charge on any atom is 0.258 e. The van der Waals surface area contributed by atoms with E-state index < -0.39 is 0 Å². The Labute approximate surface area is 169 Å². The Hall–Kier alpha value is -3.80. The van der Waals surface area contributed by atoms with Gasteiger partial charge in [0.25, 0.3) is 5.91 Å². The highest BCUT2D eigenvalue weighted by Crippen LogP contribution is 2.21. The van der Waals surface area contributed by atoms with Crippen molar-refractivity contribution < 1.29 is 19.1 Å². The van der Waals surface area contributed by atoms with Gasteiger partial charge in [0, 0.05) is 6.54 Å². The topological polar surface area (TPSA) is 76.7 Å². The van der Waals surface area contributed by atoms with Crippen LogP contribution in [0.1, 0.15) is 5.56 Å². The van der Waals surface area contributed by atoms with E-state index in [9.17, 15) is 9.59 Å². The molecular weight excluding hydrogens is 368 g/mol. The first-order chi connectivity index (χ1) is 14.2. The Morgan fingerprint density at radius 2 is 1.34 bits per heavy atom. The molecule has 3 aromatic rings. The summed E-state index contributed by atoms with van der Waals surface area (Å²) in [6.07, 6.45) is 0. The van der Waals surface area contributed by atoms with Crippen LogP contribution in [0.3, 0.4) is 0 Å². The number of para-hydroxylation sites is 2. The summed E-state index contributed by atoms with van der Waals surface area (Å²) in [5, 5.41) is 5.30. The fraction of sp³-hybridized carbons (Fsp3) is 0.130. The Kier molecular flexibility index (Phi) is 7.23. The molecule has 6 heteroatoms. The lowest BCUT2D eigenvalue weighted by atomic mass is 10.2. The zero-order valence-electron chi connectivity index (χ0n) is 15.8. The van der Waals surface area contributed by atoms with Crippen LogP contribution in [0.5, 0.6) is 17.2 Å². The molecule has 0 fully saturated rings. The van der Waals surface area contributed by atoms with Gasteiger partial charge in [-0.15, -0.1) is 0 Å². The highest BCUT2D eigenvalue weighted by molar-refractivity contribution is 5.85. The Bertz CT molecular complexity index is 930. The first-order valence-electron chi connectivity index (χ1n) is 9.22. The summed E-state index contributed by atoms with van der Waals surface area (Å²) in [7, 11) is 0. The molecule has 0 bridgehead atoms. The molecule has 148 valence electrons. The van der Waals surface area contributed by atoms with Gasteiger partial charge in [-0.2, -0.15) is 0 Å². The average molecular weight is 390 g/mol. The van der Waals surface area contributed by atoms with E-state index in [1.54, 1.807) is 12.1 Å². The summed E-state index contributed by atoms with van der Waals surface area (Å²) in [6.45, 7) is 0.0779. The lowest BCUT2D eigenvalue weighted by molar-refractivity contribution is -0.127. The Balaban J connectivity index is 1.39. The predicted molar refractivity (Wildman–Crippen MR) is 110 cm³/mol. The fourth-order valence-corrected chi connectivity index (χ4v) is 2.50. The highest BCUT2D eigenvalue weighted by Gasteiger charge is 2.07. The largest absolute Gasteiger partial charge is 0.484 e. The van der Waals surface area contributed by atoms with Gasteiger partial charge in [-0.1, -0.05) is 48.5 Å². The lowest BCUT2D eigenvalue weighted by Crippen LogP contribution is -2.38. The first-order valence-corrected chi connectivity index (χ1v) is 9.22. The van der Waals surface area contributed by atoms with E-state index in [1.165, 1.54) is 0 Å². The number of hydrogen-bond acceptors (Lipinski definition) is 4. The second-order valence-corrected chi connectivity index (χ2v) is 6.22. The third-order valence-electron chi connectivity index (χ3n) is 3.93. The maximum atomic E-state index is 12.0. The maximum absolute atomic E-state index is 12.0. The van der Waals surface area contributed by atoms with Crippen molar-refractivity contribution in [2.45, 2.75) is 6.54 Å². The lowest BCUT2D eigenvalue weighted by Gasteiger charge is -2.10. The minimum atomic E-state index is -0.359. The van der Waals surface area contributed by atoms with Gasteiger partial charge < -0.3 is 20.1 Å².